The van der Waals surface area contributed by atoms with E-state index in [9.17, 15) is 0 Å². The number of fused-ring (bicyclic) bond motifs is 1. The first kappa shape index (κ1) is 14.4. The largest absolute Gasteiger partial charge is 0.367 e. The molecule has 24 heavy (non-hydrogen) atoms. The van der Waals surface area contributed by atoms with Crippen LogP contribution in [-0.4, -0.2) is 50.7 Å². The molecule has 0 atom stereocenters. The van der Waals surface area contributed by atoms with Crippen molar-refractivity contribution in [2.24, 2.45) is 7.05 Å². The first-order chi connectivity index (χ1) is 11.8. The maximum Gasteiger partial charge on any atom is 0.165 e. The summed E-state index contributed by atoms with van der Waals surface area (Å²) in [4.78, 5) is 21.8. The first-order valence-corrected chi connectivity index (χ1v) is 7.74. The minimum atomic E-state index is 0.441. The zero-order chi connectivity index (χ0) is 16.5. The van der Waals surface area contributed by atoms with E-state index in [1.54, 1.807) is 24.9 Å². The summed E-state index contributed by atoms with van der Waals surface area (Å²) in [5.41, 5.74) is 3.17. The molecule has 1 aliphatic rings. The molecule has 4 heterocycles. The average Bonchev–Trinajstić information content (AvgIpc) is 3.03. The molecule has 0 N–H and O–H groups in total. The van der Waals surface area contributed by atoms with Crippen LogP contribution in [0.4, 0.5) is 11.5 Å². The number of rotatable bonds is 2. The third-order valence-electron chi connectivity index (χ3n) is 4.28. The maximum atomic E-state index is 8.84. The fourth-order valence-electron chi connectivity index (χ4n) is 2.98. The molecule has 0 bridgehead atoms. The monoisotopic (exact) mass is 320 g/mol. The smallest absolute Gasteiger partial charge is 0.165 e. The number of nitrogens with zero attached hydrogens (tertiary/aromatic N) is 8. The second-order valence-corrected chi connectivity index (χ2v) is 5.71. The van der Waals surface area contributed by atoms with Gasteiger partial charge in [0.25, 0.3) is 0 Å². The molecule has 8 heteroatoms. The van der Waals surface area contributed by atoms with Crippen LogP contribution < -0.4 is 9.80 Å². The number of piperazine rings is 1. The fraction of sp³-hybridized carbons (Fsp3) is 0.312. The van der Waals surface area contributed by atoms with E-state index in [-0.39, 0.29) is 0 Å². The van der Waals surface area contributed by atoms with Gasteiger partial charge in [-0.15, -0.1) is 0 Å². The van der Waals surface area contributed by atoms with Crippen LogP contribution in [0.3, 0.4) is 0 Å². The standard InChI is InChI=1S/C16H16N8/c1-22-11-21-14-15(22)19-10-20-16(14)24-6-4-23(5-7-24)13-3-2-12(8-17)18-9-13/h2-3,9-11H,4-7H2,1H3. The normalized spacial score (nSPS) is 14.8. The Bertz CT molecular complexity index is 900. The maximum absolute atomic E-state index is 8.84. The molecule has 0 unspecified atom stereocenters. The van der Waals surface area contributed by atoms with Crippen molar-refractivity contribution < 1.29 is 0 Å². The van der Waals surface area contributed by atoms with Gasteiger partial charge in [0.1, 0.15) is 18.1 Å². The molecular weight excluding hydrogens is 304 g/mol. The van der Waals surface area contributed by atoms with Crippen LogP contribution in [0, 0.1) is 11.3 Å². The quantitative estimate of drug-likeness (QED) is 0.695. The summed E-state index contributed by atoms with van der Waals surface area (Å²) >= 11 is 0. The molecule has 120 valence electrons. The molecular formula is C16H16N8. The van der Waals surface area contributed by atoms with E-state index in [1.807, 2.05) is 23.8 Å². The molecule has 0 saturated carbocycles. The molecule has 4 rings (SSSR count). The molecule has 0 spiro atoms. The van der Waals surface area contributed by atoms with Gasteiger partial charge in [-0.1, -0.05) is 0 Å². The molecule has 0 radical (unpaired) electrons. The van der Waals surface area contributed by atoms with Crippen molar-refractivity contribution in [3.8, 4) is 6.07 Å². The van der Waals surface area contributed by atoms with Gasteiger partial charge in [-0.2, -0.15) is 5.26 Å². The molecule has 0 amide bonds. The van der Waals surface area contributed by atoms with Crippen molar-refractivity contribution in [3.63, 3.8) is 0 Å². The molecule has 3 aromatic heterocycles. The van der Waals surface area contributed by atoms with Gasteiger partial charge in [0.15, 0.2) is 17.0 Å². The Morgan fingerprint density at radius 3 is 2.50 bits per heavy atom. The van der Waals surface area contributed by atoms with E-state index in [1.165, 1.54) is 0 Å². The summed E-state index contributed by atoms with van der Waals surface area (Å²) < 4.78 is 1.90. The molecule has 8 nitrogen and oxygen atoms in total. The Hall–Kier alpha value is -3.21. The summed E-state index contributed by atoms with van der Waals surface area (Å²) in [6, 6.07) is 5.74. The van der Waals surface area contributed by atoms with Gasteiger partial charge in [0.2, 0.25) is 0 Å². The Balaban J connectivity index is 1.52. The van der Waals surface area contributed by atoms with E-state index in [0.29, 0.717) is 5.69 Å². The van der Waals surface area contributed by atoms with E-state index in [4.69, 9.17) is 5.26 Å². The van der Waals surface area contributed by atoms with Gasteiger partial charge < -0.3 is 14.4 Å². The third-order valence-corrected chi connectivity index (χ3v) is 4.28. The number of pyridine rings is 1. The lowest BCUT2D eigenvalue weighted by atomic mass is 10.2. The topological polar surface area (TPSA) is 86.8 Å². The zero-order valence-corrected chi connectivity index (χ0v) is 13.3. The summed E-state index contributed by atoms with van der Waals surface area (Å²) in [6.07, 6.45) is 5.12. The van der Waals surface area contributed by atoms with Gasteiger partial charge in [0, 0.05) is 33.2 Å². The highest BCUT2D eigenvalue weighted by Crippen LogP contribution is 2.23. The highest BCUT2D eigenvalue weighted by atomic mass is 15.3. The molecule has 1 fully saturated rings. The van der Waals surface area contributed by atoms with E-state index in [2.05, 4.69) is 29.7 Å². The Labute approximate surface area is 139 Å². The number of anilines is 2. The molecule has 0 aliphatic carbocycles. The number of hydrogen-bond donors (Lipinski definition) is 0. The van der Waals surface area contributed by atoms with Crippen LogP contribution in [0.15, 0.2) is 31.0 Å². The Morgan fingerprint density at radius 1 is 1.00 bits per heavy atom. The van der Waals surface area contributed by atoms with Crippen molar-refractivity contribution in [2.45, 2.75) is 0 Å². The number of aryl methyl sites for hydroxylation is 1. The van der Waals surface area contributed by atoms with Crippen molar-refractivity contribution in [1.29, 1.82) is 5.26 Å². The lowest BCUT2D eigenvalue weighted by Gasteiger charge is -2.36. The highest BCUT2D eigenvalue weighted by molar-refractivity contribution is 5.83. The number of aromatic nitrogens is 5. The molecule has 1 saturated heterocycles. The van der Waals surface area contributed by atoms with Crippen LogP contribution in [-0.2, 0) is 7.05 Å². The van der Waals surface area contributed by atoms with Crippen molar-refractivity contribution in [2.75, 3.05) is 36.0 Å². The number of hydrogen-bond acceptors (Lipinski definition) is 7. The first-order valence-electron chi connectivity index (χ1n) is 7.74. The van der Waals surface area contributed by atoms with Crippen LogP contribution in [0.2, 0.25) is 0 Å². The predicted octanol–water partition coefficient (Wildman–Crippen LogP) is 0.957. The second-order valence-electron chi connectivity index (χ2n) is 5.71. The zero-order valence-electron chi connectivity index (χ0n) is 13.3. The second kappa shape index (κ2) is 5.77. The number of nitriles is 1. The van der Waals surface area contributed by atoms with Gasteiger partial charge in [-0.05, 0) is 12.1 Å². The van der Waals surface area contributed by atoms with Crippen LogP contribution in [0.25, 0.3) is 11.2 Å². The lowest BCUT2D eigenvalue weighted by molar-refractivity contribution is 0.647. The van der Waals surface area contributed by atoms with Gasteiger partial charge in [-0.3, -0.25) is 0 Å². The minimum absolute atomic E-state index is 0.441. The highest BCUT2D eigenvalue weighted by Gasteiger charge is 2.21. The third kappa shape index (κ3) is 2.40. The van der Waals surface area contributed by atoms with Crippen molar-refractivity contribution >= 4 is 22.7 Å². The summed E-state index contributed by atoms with van der Waals surface area (Å²) in [7, 11) is 1.93. The van der Waals surface area contributed by atoms with Crippen molar-refractivity contribution in [3.05, 3.63) is 36.7 Å². The van der Waals surface area contributed by atoms with E-state index in [0.717, 1.165) is 48.8 Å². The van der Waals surface area contributed by atoms with Crippen LogP contribution >= 0.6 is 0 Å². The Kier molecular flexibility index (Phi) is 3.46. The molecule has 1 aliphatic heterocycles. The van der Waals surface area contributed by atoms with Gasteiger partial charge in [0.05, 0.1) is 18.2 Å². The predicted molar refractivity (Wildman–Crippen MR) is 89.7 cm³/mol. The van der Waals surface area contributed by atoms with Crippen LogP contribution in [0.5, 0.6) is 0 Å². The molecule has 0 aromatic carbocycles. The van der Waals surface area contributed by atoms with Gasteiger partial charge >= 0.3 is 0 Å². The van der Waals surface area contributed by atoms with Gasteiger partial charge in [-0.25, -0.2) is 19.9 Å². The number of imidazole rings is 1. The SMILES string of the molecule is Cn1cnc2c(N3CCN(c4ccc(C#N)nc4)CC3)ncnc21. The fourth-order valence-corrected chi connectivity index (χ4v) is 2.98. The average molecular weight is 320 g/mol. The minimum Gasteiger partial charge on any atom is -0.367 e. The summed E-state index contributed by atoms with van der Waals surface area (Å²) in [5, 5.41) is 8.84. The van der Waals surface area contributed by atoms with E-state index >= 15 is 0 Å². The Morgan fingerprint density at radius 2 is 1.79 bits per heavy atom. The van der Waals surface area contributed by atoms with Crippen molar-refractivity contribution in [1.82, 2.24) is 24.5 Å². The van der Waals surface area contributed by atoms with Crippen LogP contribution in [0.1, 0.15) is 5.69 Å². The summed E-state index contributed by atoms with van der Waals surface area (Å²) in [5.74, 6) is 0.887. The molecule has 3 aromatic rings. The summed E-state index contributed by atoms with van der Waals surface area (Å²) in [6.45, 7) is 3.43. The lowest BCUT2D eigenvalue weighted by Crippen LogP contribution is -2.47. The van der Waals surface area contributed by atoms with E-state index < -0.39 is 0 Å².